The molecule has 0 amide bonds. The first-order valence-corrected chi connectivity index (χ1v) is 7.07. The third-order valence-electron chi connectivity index (χ3n) is 3.91. The zero-order valence-electron chi connectivity index (χ0n) is 12.3. The standard InChI is InChI=1S/C14H28N2O2/c1-5-10-15-14(2,13(17)18-4)11-16(3)12-8-6-7-9-12/h12,15H,5-11H2,1-4H3. The van der Waals surface area contributed by atoms with Crippen molar-refractivity contribution in [3.05, 3.63) is 0 Å². The van der Waals surface area contributed by atoms with Crippen molar-refractivity contribution in [2.45, 2.75) is 57.5 Å². The van der Waals surface area contributed by atoms with Gasteiger partial charge in [-0.1, -0.05) is 19.8 Å². The van der Waals surface area contributed by atoms with Gasteiger partial charge in [0.25, 0.3) is 0 Å². The number of hydrogen-bond acceptors (Lipinski definition) is 4. The van der Waals surface area contributed by atoms with Crippen LogP contribution in [0.2, 0.25) is 0 Å². The zero-order valence-corrected chi connectivity index (χ0v) is 12.3. The zero-order chi connectivity index (χ0) is 13.6. The van der Waals surface area contributed by atoms with E-state index in [1.54, 1.807) is 0 Å². The van der Waals surface area contributed by atoms with Gasteiger partial charge in [-0.2, -0.15) is 0 Å². The van der Waals surface area contributed by atoms with Gasteiger partial charge in [0, 0.05) is 12.6 Å². The molecule has 1 aliphatic carbocycles. The third kappa shape index (κ3) is 3.95. The maximum atomic E-state index is 12.0. The molecular formula is C14H28N2O2. The summed E-state index contributed by atoms with van der Waals surface area (Å²) >= 11 is 0. The molecule has 106 valence electrons. The van der Waals surface area contributed by atoms with E-state index in [9.17, 15) is 4.79 Å². The Hall–Kier alpha value is -0.610. The largest absolute Gasteiger partial charge is 0.468 e. The number of likely N-dealkylation sites (N-methyl/N-ethyl adjacent to an activating group) is 1. The van der Waals surface area contributed by atoms with Gasteiger partial charge in [0.2, 0.25) is 0 Å². The molecule has 1 N–H and O–H groups in total. The maximum absolute atomic E-state index is 12.0. The highest BCUT2D eigenvalue weighted by Gasteiger charge is 2.36. The average Bonchev–Trinajstić information content (AvgIpc) is 2.89. The highest BCUT2D eigenvalue weighted by molar-refractivity contribution is 5.80. The third-order valence-corrected chi connectivity index (χ3v) is 3.91. The summed E-state index contributed by atoms with van der Waals surface area (Å²) < 4.78 is 4.95. The molecule has 1 rings (SSSR count). The Morgan fingerprint density at radius 2 is 2.06 bits per heavy atom. The van der Waals surface area contributed by atoms with Gasteiger partial charge in [-0.25, -0.2) is 0 Å². The summed E-state index contributed by atoms with van der Waals surface area (Å²) in [6, 6.07) is 0.623. The molecule has 18 heavy (non-hydrogen) atoms. The molecule has 0 bridgehead atoms. The van der Waals surface area contributed by atoms with Gasteiger partial charge in [0.05, 0.1) is 7.11 Å². The maximum Gasteiger partial charge on any atom is 0.327 e. The molecule has 1 aliphatic rings. The normalized spacial score (nSPS) is 20.1. The van der Waals surface area contributed by atoms with Crippen LogP contribution in [-0.2, 0) is 9.53 Å². The molecule has 0 aromatic carbocycles. The van der Waals surface area contributed by atoms with Crippen molar-refractivity contribution in [2.24, 2.45) is 0 Å². The van der Waals surface area contributed by atoms with E-state index in [0.29, 0.717) is 12.6 Å². The molecule has 1 atom stereocenters. The van der Waals surface area contributed by atoms with Gasteiger partial charge in [0.1, 0.15) is 5.54 Å². The second kappa shape index (κ2) is 7.10. The lowest BCUT2D eigenvalue weighted by Gasteiger charge is -2.35. The second-order valence-electron chi connectivity index (χ2n) is 5.60. The number of carbonyl (C=O) groups excluding carboxylic acids is 1. The van der Waals surface area contributed by atoms with Crippen molar-refractivity contribution in [1.82, 2.24) is 10.2 Å². The van der Waals surface area contributed by atoms with E-state index in [2.05, 4.69) is 24.2 Å². The van der Waals surface area contributed by atoms with Crippen molar-refractivity contribution < 1.29 is 9.53 Å². The fourth-order valence-electron chi connectivity index (χ4n) is 2.79. The van der Waals surface area contributed by atoms with Crippen LogP contribution in [0.1, 0.15) is 46.0 Å². The number of ether oxygens (including phenoxy) is 1. The number of methoxy groups -OCH3 is 1. The van der Waals surface area contributed by atoms with Gasteiger partial charge in [-0.15, -0.1) is 0 Å². The second-order valence-corrected chi connectivity index (χ2v) is 5.60. The van der Waals surface area contributed by atoms with Crippen LogP contribution in [0, 0.1) is 0 Å². The van der Waals surface area contributed by atoms with Crippen LogP contribution in [0.3, 0.4) is 0 Å². The lowest BCUT2D eigenvalue weighted by molar-refractivity contribution is -0.148. The van der Waals surface area contributed by atoms with Gasteiger partial charge < -0.3 is 15.0 Å². The molecule has 0 aromatic heterocycles. The molecule has 0 spiro atoms. The molecule has 0 saturated heterocycles. The van der Waals surface area contributed by atoms with Crippen LogP contribution in [0.25, 0.3) is 0 Å². The first-order chi connectivity index (χ1) is 8.53. The van der Waals surface area contributed by atoms with Crippen LogP contribution in [-0.4, -0.2) is 49.7 Å². The number of rotatable bonds is 7. The van der Waals surface area contributed by atoms with Crippen molar-refractivity contribution in [1.29, 1.82) is 0 Å². The molecule has 1 saturated carbocycles. The minimum atomic E-state index is -0.595. The molecule has 0 aromatic rings. The average molecular weight is 256 g/mol. The molecule has 4 nitrogen and oxygen atoms in total. The van der Waals surface area contributed by atoms with Gasteiger partial charge >= 0.3 is 5.97 Å². The summed E-state index contributed by atoms with van der Waals surface area (Å²) in [6.45, 7) is 5.60. The first kappa shape index (κ1) is 15.4. The Kier molecular flexibility index (Phi) is 6.09. The Morgan fingerprint density at radius 1 is 1.44 bits per heavy atom. The predicted molar refractivity (Wildman–Crippen MR) is 73.6 cm³/mol. The smallest absolute Gasteiger partial charge is 0.327 e. The summed E-state index contributed by atoms with van der Waals surface area (Å²) in [4.78, 5) is 14.3. The molecule has 0 aliphatic heterocycles. The van der Waals surface area contributed by atoms with E-state index in [4.69, 9.17) is 4.74 Å². The highest BCUT2D eigenvalue weighted by Crippen LogP contribution is 2.24. The molecule has 0 radical (unpaired) electrons. The fraction of sp³-hybridized carbons (Fsp3) is 0.929. The predicted octanol–water partition coefficient (Wildman–Crippen LogP) is 1.79. The Bertz CT molecular complexity index is 265. The lowest BCUT2D eigenvalue weighted by atomic mass is 10.0. The van der Waals surface area contributed by atoms with E-state index in [0.717, 1.165) is 13.0 Å². The topological polar surface area (TPSA) is 41.6 Å². The quantitative estimate of drug-likeness (QED) is 0.705. The fourth-order valence-corrected chi connectivity index (χ4v) is 2.79. The minimum Gasteiger partial charge on any atom is -0.468 e. The summed E-state index contributed by atoms with van der Waals surface area (Å²) in [5, 5.41) is 3.33. The summed E-state index contributed by atoms with van der Waals surface area (Å²) in [5.41, 5.74) is -0.595. The van der Waals surface area contributed by atoms with E-state index in [1.165, 1.54) is 32.8 Å². The van der Waals surface area contributed by atoms with E-state index < -0.39 is 5.54 Å². The van der Waals surface area contributed by atoms with Gasteiger partial charge in [0.15, 0.2) is 0 Å². The van der Waals surface area contributed by atoms with E-state index >= 15 is 0 Å². The Morgan fingerprint density at radius 3 is 2.56 bits per heavy atom. The van der Waals surface area contributed by atoms with Crippen LogP contribution in [0.5, 0.6) is 0 Å². The lowest BCUT2D eigenvalue weighted by Crippen LogP contribution is -2.58. The van der Waals surface area contributed by atoms with Crippen molar-refractivity contribution >= 4 is 5.97 Å². The Balaban J connectivity index is 2.61. The molecule has 0 heterocycles. The van der Waals surface area contributed by atoms with Crippen molar-refractivity contribution in [3.8, 4) is 0 Å². The number of hydrogen-bond donors (Lipinski definition) is 1. The van der Waals surface area contributed by atoms with Crippen LogP contribution >= 0.6 is 0 Å². The van der Waals surface area contributed by atoms with Gasteiger partial charge in [-0.05, 0) is 39.8 Å². The van der Waals surface area contributed by atoms with Crippen molar-refractivity contribution in [3.63, 3.8) is 0 Å². The van der Waals surface area contributed by atoms with E-state index in [-0.39, 0.29) is 5.97 Å². The molecular weight excluding hydrogens is 228 g/mol. The number of nitrogens with zero attached hydrogens (tertiary/aromatic N) is 1. The molecule has 1 unspecified atom stereocenters. The van der Waals surface area contributed by atoms with E-state index in [1.807, 2.05) is 6.92 Å². The van der Waals surface area contributed by atoms with Crippen LogP contribution in [0.4, 0.5) is 0 Å². The minimum absolute atomic E-state index is 0.166. The first-order valence-electron chi connectivity index (χ1n) is 7.07. The summed E-state index contributed by atoms with van der Waals surface area (Å²) in [7, 11) is 3.58. The number of esters is 1. The number of nitrogens with one attached hydrogen (secondary N) is 1. The number of carbonyl (C=O) groups is 1. The Labute approximate surface area is 111 Å². The molecule has 4 heteroatoms. The monoisotopic (exact) mass is 256 g/mol. The SMILES string of the molecule is CCCNC(C)(CN(C)C1CCCC1)C(=O)OC. The van der Waals surface area contributed by atoms with Crippen molar-refractivity contribution in [2.75, 3.05) is 27.2 Å². The van der Waals surface area contributed by atoms with Crippen LogP contribution < -0.4 is 5.32 Å². The highest BCUT2D eigenvalue weighted by atomic mass is 16.5. The van der Waals surface area contributed by atoms with Gasteiger partial charge in [-0.3, -0.25) is 4.79 Å². The summed E-state index contributed by atoms with van der Waals surface area (Å²) in [6.07, 6.45) is 6.14. The molecule has 1 fully saturated rings. The van der Waals surface area contributed by atoms with Crippen LogP contribution in [0.15, 0.2) is 0 Å². The summed E-state index contributed by atoms with van der Waals surface area (Å²) in [5.74, 6) is -0.166.